The molecule has 0 radical (unpaired) electrons. The first-order chi connectivity index (χ1) is 12.5. The van der Waals surface area contributed by atoms with E-state index in [1.54, 1.807) is 12.1 Å². The Morgan fingerprint density at radius 3 is 2.22 bits per heavy atom. The van der Waals surface area contributed by atoms with Crippen LogP contribution >= 0.6 is 0 Å². The average molecular weight is 373 g/mol. The van der Waals surface area contributed by atoms with Crippen molar-refractivity contribution in [3.05, 3.63) is 35.4 Å². The lowest BCUT2D eigenvalue weighted by Crippen LogP contribution is -2.71. The van der Waals surface area contributed by atoms with Gasteiger partial charge < -0.3 is 20.2 Å². The maximum atomic E-state index is 12.5. The normalized spacial score (nSPS) is 24.3. The molecule has 1 aromatic carbocycles. The van der Waals surface area contributed by atoms with E-state index in [-0.39, 0.29) is 12.0 Å². The van der Waals surface area contributed by atoms with Gasteiger partial charge in [-0.25, -0.2) is 4.79 Å². The van der Waals surface area contributed by atoms with Crippen molar-refractivity contribution in [2.45, 2.75) is 51.4 Å². The highest BCUT2D eigenvalue weighted by Gasteiger charge is 2.60. The zero-order chi connectivity index (χ0) is 20.1. The summed E-state index contributed by atoms with van der Waals surface area (Å²) in [6.45, 7) is 7.57. The van der Waals surface area contributed by atoms with Gasteiger partial charge in [0.05, 0.1) is 6.04 Å². The van der Waals surface area contributed by atoms with E-state index in [9.17, 15) is 24.3 Å². The van der Waals surface area contributed by atoms with E-state index in [0.29, 0.717) is 5.56 Å². The average Bonchev–Trinajstić information content (AvgIpc) is 2.95. The Morgan fingerprint density at radius 2 is 1.74 bits per heavy atom. The van der Waals surface area contributed by atoms with E-state index >= 15 is 0 Å². The third-order valence-corrected chi connectivity index (χ3v) is 5.13. The number of carboxylic acids is 1. The molecule has 8 nitrogen and oxygen atoms in total. The smallest absolute Gasteiger partial charge is 0.347 e. The largest absolute Gasteiger partial charge is 0.478 e. The molecular formula is C19H23N3O5. The predicted molar refractivity (Wildman–Crippen MR) is 95.8 cm³/mol. The molecule has 8 heteroatoms. The lowest BCUT2D eigenvalue weighted by molar-refractivity contribution is -0.164. The number of carboxylic acid groups (broad SMARTS) is 1. The summed E-state index contributed by atoms with van der Waals surface area (Å²) >= 11 is 0. The third-order valence-electron chi connectivity index (χ3n) is 5.13. The standard InChI is InChI=1S/C19H23N3O5/c1-10(23)21-9-13-14(17(25)22(13)16(21)18(26)27)20-15(24)11-5-7-12(8-6-11)19(2,3)4/h5-8,13-14,16H,9H2,1-4H3,(H,20,24)(H,26,27)/t13?,14-,16?/m1/s1. The summed E-state index contributed by atoms with van der Waals surface area (Å²) in [5.41, 5.74) is 1.47. The second-order valence-electron chi connectivity index (χ2n) is 7.97. The van der Waals surface area contributed by atoms with Gasteiger partial charge in [0, 0.05) is 19.0 Å². The van der Waals surface area contributed by atoms with Crippen molar-refractivity contribution >= 4 is 23.7 Å². The van der Waals surface area contributed by atoms with Crippen LogP contribution in [-0.2, 0) is 19.8 Å². The zero-order valence-corrected chi connectivity index (χ0v) is 15.7. The number of nitrogens with zero attached hydrogens (tertiary/aromatic N) is 2. The number of fused-ring (bicyclic) bond motifs is 1. The number of carbonyl (C=O) groups is 4. The van der Waals surface area contributed by atoms with Gasteiger partial charge in [0.2, 0.25) is 18.0 Å². The number of hydrogen-bond donors (Lipinski definition) is 2. The molecule has 3 rings (SSSR count). The highest BCUT2D eigenvalue weighted by molar-refractivity contribution is 6.02. The van der Waals surface area contributed by atoms with Crippen LogP contribution in [0.4, 0.5) is 0 Å². The second kappa shape index (κ2) is 6.37. The van der Waals surface area contributed by atoms with E-state index in [0.717, 1.165) is 15.4 Å². The predicted octanol–water partition coefficient (Wildman–Crippen LogP) is 0.566. The minimum atomic E-state index is -1.31. The van der Waals surface area contributed by atoms with Gasteiger partial charge in [0.15, 0.2) is 0 Å². The molecule has 2 unspecified atom stereocenters. The summed E-state index contributed by atoms with van der Waals surface area (Å²) in [7, 11) is 0. The number of nitrogens with one attached hydrogen (secondary N) is 1. The third kappa shape index (κ3) is 3.15. The second-order valence-corrected chi connectivity index (χ2v) is 7.97. The Balaban J connectivity index is 1.72. The first-order valence-corrected chi connectivity index (χ1v) is 8.76. The minimum Gasteiger partial charge on any atom is -0.478 e. The van der Waals surface area contributed by atoms with Crippen LogP contribution in [0.5, 0.6) is 0 Å². The van der Waals surface area contributed by atoms with E-state index < -0.39 is 41.9 Å². The molecule has 2 N–H and O–H groups in total. The fourth-order valence-electron chi connectivity index (χ4n) is 3.57. The number of benzene rings is 1. The molecule has 1 aromatic rings. The summed E-state index contributed by atoms with van der Waals surface area (Å²) < 4.78 is 0. The van der Waals surface area contributed by atoms with Crippen LogP contribution in [0, 0.1) is 0 Å². The van der Waals surface area contributed by atoms with E-state index in [1.165, 1.54) is 6.92 Å². The van der Waals surface area contributed by atoms with Crippen LogP contribution in [0.1, 0.15) is 43.6 Å². The molecule has 144 valence electrons. The van der Waals surface area contributed by atoms with Crippen LogP contribution in [-0.4, -0.2) is 63.4 Å². The fourth-order valence-corrected chi connectivity index (χ4v) is 3.57. The summed E-state index contributed by atoms with van der Waals surface area (Å²) in [5, 5.41) is 12.0. The van der Waals surface area contributed by atoms with Gasteiger partial charge in [-0.1, -0.05) is 32.9 Å². The first-order valence-electron chi connectivity index (χ1n) is 8.76. The lowest BCUT2D eigenvalue weighted by atomic mass is 9.86. The van der Waals surface area contributed by atoms with Crippen LogP contribution in [0.2, 0.25) is 0 Å². The van der Waals surface area contributed by atoms with Crippen LogP contribution < -0.4 is 5.32 Å². The Morgan fingerprint density at radius 1 is 1.15 bits per heavy atom. The van der Waals surface area contributed by atoms with Gasteiger partial charge in [0.25, 0.3) is 5.91 Å². The number of rotatable bonds is 3. The van der Waals surface area contributed by atoms with E-state index in [1.807, 2.05) is 12.1 Å². The fraction of sp³-hybridized carbons (Fsp3) is 0.474. The van der Waals surface area contributed by atoms with Crippen molar-refractivity contribution in [1.82, 2.24) is 15.1 Å². The number of β-lactam (4-membered cyclic amide) rings is 1. The molecule has 0 saturated carbocycles. The minimum absolute atomic E-state index is 0.0364. The summed E-state index contributed by atoms with van der Waals surface area (Å²) in [6, 6.07) is 5.79. The zero-order valence-electron chi connectivity index (χ0n) is 15.7. The van der Waals surface area contributed by atoms with Gasteiger partial charge in [-0.3, -0.25) is 14.4 Å². The number of carbonyl (C=O) groups excluding carboxylic acids is 3. The SMILES string of the molecule is CC(=O)N1CC2[C@@H](NC(=O)c3ccc(C(C)(C)C)cc3)C(=O)N2C1C(=O)O. The maximum Gasteiger partial charge on any atom is 0.347 e. The molecule has 0 aromatic heterocycles. The molecule has 0 spiro atoms. The van der Waals surface area contributed by atoms with E-state index in [2.05, 4.69) is 26.1 Å². The lowest BCUT2D eigenvalue weighted by Gasteiger charge is -2.43. The van der Waals surface area contributed by atoms with Gasteiger partial charge in [-0.05, 0) is 23.1 Å². The Kier molecular flexibility index (Phi) is 4.45. The number of aliphatic carboxylic acids is 1. The number of amides is 3. The molecule has 3 atom stereocenters. The van der Waals surface area contributed by atoms with Crippen molar-refractivity contribution in [1.29, 1.82) is 0 Å². The van der Waals surface area contributed by atoms with Crippen molar-refractivity contribution in [3.63, 3.8) is 0 Å². The van der Waals surface area contributed by atoms with Crippen molar-refractivity contribution in [3.8, 4) is 0 Å². The summed E-state index contributed by atoms with van der Waals surface area (Å²) in [6.07, 6.45) is -1.31. The molecule has 2 fully saturated rings. The van der Waals surface area contributed by atoms with Crippen LogP contribution in [0.3, 0.4) is 0 Å². The van der Waals surface area contributed by atoms with Gasteiger partial charge in [-0.2, -0.15) is 0 Å². The molecule has 2 aliphatic rings. The quantitative estimate of drug-likeness (QED) is 0.753. The molecular weight excluding hydrogens is 350 g/mol. The Bertz CT molecular complexity index is 812. The highest BCUT2D eigenvalue weighted by atomic mass is 16.4. The van der Waals surface area contributed by atoms with E-state index in [4.69, 9.17) is 0 Å². The van der Waals surface area contributed by atoms with Gasteiger partial charge >= 0.3 is 5.97 Å². The molecule has 2 aliphatic heterocycles. The maximum absolute atomic E-state index is 12.5. The molecule has 0 bridgehead atoms. The van der Waals surface area contributed by atoms with Crippen molar-refractivity contribution < 1.29 is 24.3 Å². The van der Waals surface area contributed by atoms with Crippen LogP contribution in [0.15, 0.2) is 24.3 Å². The van der Waals surface area contributed by atoms with Crippen molar-refractivity contribution in [2.75, 3.05) is 6.54 Å². The van der Waals surface area contributed by atoms with Gasteiger partial charge in [-0.15, -0.1) is 0 Å². The Hall–Kier alpha value is -2.90. The topological polar surface area (TPSA) is 107 Å². The molecule has 27 heavy (non-hydrogen) atoms. The van der Waals surface area contributed by atoms with Gasteiger partial charge in [0.1, 0.15) is 6.04 Å². The molecule has 0 aliphatic carbocycles. The van der Waals surface area contributed by atoms with Crippen LogP contribution in [0.25, 0.3) is 0 Å². The summed E-state index contributed by atoms with van der Waals surface area (Å²) in [5.74, 6) is -2.58. The highest BCUT2D eigenvalue weighted by Crippen LogP contribution is 2.33. The molecule has 2 saturated heterocycles. The molecule has 2 heterocycles. The molecule has 3 amide bonds. The Labute approximate surface area is 157 Å². The van der Waals surface area contributed by atoms with Crippen molar-refractivity contribution in [2.24, 2.45) is 0 Å². The number of hydrogen-bond acceptors (Lipinski definition) is 4. The monoisotopic (exact) mass is 373 g/mol. The summed E-state index contributed by atoms with van der Waals surface area (Å²) in [4.78, 5) is 50.3. The first kappa shape index (κ1) is 18.9.